The Balaban J connectivity index is 2.51. The minimum atomic E-state index is -0.449. The Hall–Kier alpha value is -0.650. The maximum atomic E-state index is 11.7. The minimum Gasteiger partial charge on any atom is -0.394 e. The van der Waals surface area contributed by atoms with Crippen LogP contribution in [0.1, 0.15) is 6.92 Å². The third-order valence-corrected chi connectivity index (χ3v) is 2.34. The number of aliphatic hydroxyl groups excluding tert-OH is 1. The first-order valence-corrected chi connectivity index (χ1v) is 4.83. The van der Waals surface area contributed by atoms with Crippen LogP contribution in [0.3, 0.4) is 0 Å². The largest absolute Gasteiger partial charge is 0.394 e. The number of carbonyl (C=O) groups is 1. The third-order valence-electron chi connectivity index (χ3n) is 2.34. The number of amides is 1. The van der Waals surface area contributed by atoms with Crippen LogP contribution in [-0.2, 0) is 9.53 Å². The fraction of sp³-hybridized carbons (Fsp3) is 0.889. The van der Waals surface area contributed by atoms with Gasteiger partial charge in [0.1, 0.15) is 6.04 Å². The molecule has 0 aromatic heterocycles. The topological polar surface area (TPSA) is 61.8 Å². The number of aliphatic hydroxyl groups is 1. The lowest BCUT2D eigenvalue weighted by atomic mass is 10.1. The van der Waals surface area contributed by atoms with Crippen molar-refractivity contribution in [1.82, 2.24) is 10.2 Å². The highest BCUT2D eigenvalue weighted by Crippen LogP contribution is 2.05. The van der Waals surface area contributed by atoms with Crippen LogP contribution in [0, 0.1) is 0 Å². The van der Waals surface area contributed by atoms with Crippen molar-refractivity contribution < 1.29 is 14.6 Å². The van der Waals surface area contributed by atoms with Gasteiger partial charge in [-0.2, -0.15) is 0 Å². The van der Waals surface area contributed by atoms with E-state index in [9.17, 15) is 4.79 Å². The second-order valence-corrected chi connectivity index (χ2v) is 3.58. The third kappa shape index (κ3) is 2.67. The Morgan fingerprint density at radius 2 is 2.43 bits per heavy atom. The molecule has 0 spiro atoms. The van der Waals surface area contributed by atoms with Gasteiger partial charge in [-0.25, -0.2) is 0 Å². The number of methoxy groups -OCH3 is 1. The first-order valence-electron chi connectivity index (χ1n) is 4.83. The number of nitrogens with zero attached hydrogens (tertiary/aromatic N) is 1. The van der Waals surface area contributed by atoms with Crippen LogP contribution in [-0.4, -0.2) is 61.4 Å². The summed E-state index contributed by atoms with van der Waals surface area (Å²) in [6.45, 7) is 3.66. The smallest absolute Gasteiger partial charge is 0.242 e. The molecular formula is C9H18N2O3. The molecule has 0 saturated carbocycles. The molecule has 2 unspecified atom stereocenters. The van der Waals surface area contributed by atoms with Gasteiger partial charge in [-0.3, -0.25) is 10.1 Å². The van der Waals surface area contributed by atoms with Gasteiger partial charge in [-0.05, 0) is 6.92 Å². The van der Waals surface area contributed by atoms with Crippen molar-refractivity contribution in [2.75, 3.05) is 33.4 Å². The zero-order chi connectivity index (χ0) is 10.6. The van der Waals surface area contributed by atoms with Crippen LogP contribution in [0.5, 0.6) is 0 Å². The van der Waals surface area contributed by atoms with Crippen LogP contribution < -0.4 is 5.32 Å². The number of piperazine rings is 1. The SMILES string of the molecule is COCCN1CC(C)NC(CO)C1=O. The lowest BCUT2D eigenvalue weighted by Crippen LogP contribution is -2.60. The van der Waals surface area contributed by atoms with Crippen molar-refractivity contribution in [2.24, 2.45) is 0 Å². The number of ether oxygens (including phenoxy) is 1. The molecule has 5 heteroatoms. The predicted molar refractivity (Wildman–Crippen MR) is 51.9 cm³/mol. The van der Waals surface area contributed by atoms with Gasteiger partial charge in [0.05, 0.1) is 13.2 Å². The summed E-state index contributed by atoms with van der Waals surface area (Å²) >= 11 is 0. The normalized spacial score (nSPS) is 28.2. The predicted octanol–water partition coefficient (Wildman–Crippen LogP) is -1.19. The zero-order valence-corrected chi connectivity index (χ0v) is 8.69. The highest BCUT2D eigenvalue weighted by atomic mass is 16.5. The minimum absolute atomic E-state index is 0.0392. The zero-order valence-electron chi connectivity index (χ0n) is 8.69. The van der Waals surface area contributed by atoms with Crippen molar-refractivity contribution >= 4 is 5.91 Å². The summed E-state index contributed by atoms with van der Waals surface area (Å²) in [7, 11) is 1.61. The Kier molecular flexibility index (Phi) is 4.31. The summed E-state index contributed by atoms with van der Waals surface area (Å²) in [5, 5.41) is 12.0. The van der Waals surface area contributed by atoms with Crippen molar-refractivity contribution in [2.45, 2.75) is 19.0 Å². The molecule has 1 fully saturated rings. The average molecular weight is 202 g/mol. The second kappa shape index (κ2) is 5.29. The Bertz CT molecular complexity index is 198. The monoisotopic (exact) mass is 202 g/mol. The van der Waals surface area contributed by atoms with E-state index in [0.717, 1.165) is 0 Å². The van der Waals surface area contributed by atoms with Crippen molar-refractivity contribution in [3.05, 3.63) is 0 Å². The molecule has 2 N–H and O–H groups in total. The molecule has 82 valence electrons. The molecule has 1 amide bonds. The van der Waals surface area contributed by atoms with E-state index in [1.54, 1.807) is 12.0 Å². The van der Waals surface area contributed by atoms with E-state index < -0.39 is 6.04 Å². The maximum absolute atomic E-state index is 11.7. The molecule has 1 aliphatic rings. The molecule has 0 bridgehead atoms. The van der Waals surface area contributed by atoms with E-state index >= 15 is 0 Å². The molecule has 0 radical (unpaired) electrons. The highest BCUT2D eigenvalue weighted by Gasteiger charge is 2.30. The quantitative estimate of drug-likeness (QED) is 0.602. The van der Waals surface area contributed by atoms with Gasteiger partial charge in [-0.15, -0.1) is 0 Å². The van der Waals surface area contributed by atoms with Crippen molar-refractivity contribution in [3.8, 4) is 0 Å². The Labute approximate surface area is 84.0 Å². The van der Waals surface area contributed by atoms with Crippen LogP contribution in [0.4, 0.5) is 0 Å². The van der Waals surface area contributed by atoms with E-state index in [-0.39, 0.29) is 18.6 Å². The number of rotatable bonds is 4. The van der Waals surface area contributed by atoms with E-state index in [1.807, 2.05) is 6.92 Å². The lowest BCUT2D eigenvalue weighted by molar-refractivity contribution is -0.138. The molecule has 5 nitrogen and oxygen atoms in total. The molecule has 1 rings (SSSR count). The van der Waals surface area contributed by atoms with Crippen molar-refractivity contribution in [1.29, 1.82) is 0 Å². The maximum Gasteiger partial charge on any atom is 0.242 e. The van der Waals surface area contributed by atoms with Crippen LogP contribution >= 0.6 is 0 Å². The van der Waals surface area contributed by atoms with Crippen molar-refractivity contribution in [3.63, 3.8) is 0 Å². The Morgan fingerprint density at radius 1 is 1.71 bits per heavy atom. The summed E-state index contributed by atoms with van der Waals surface area (Å²) in [5.74, 6) is -0.0392. The number of hydrogen-bond donors (Lipinski definition) is 2. The molecule has 1 saturated heterocycles. The molecule has 2 atom stereocenters. The number of hydrogen-bond acceptors (Lipinski definition) is 4. The second-order valence-electron chi connectivity index (χ2n) is 3.58. The number of nitrogens with one attached hydrogen (secondary N) is 1. The fourth-order valence-corrected chi connectivity index (χ4v) is 1.64. The molecular weight excluding hydrogens is 184 g/mol. The summed E-state index contributed by atoms with van der Waals surface area (Å²) in [5.41, 5.74) is 0. The van der Waals surface area contributed by atoms with Crippen LogP contribution in [0.2, 0.25) is 0 Å². The van der Waals surface area contributed by atoms with E-state index in [2.05, 4.69) is 5.32 Å². The highest BCUT2D eigenvalue weighted by molar-refractivity contribution is 5.82. The summed E-state index contributed by atoms with van der Waals surface area (Å²) < 4.78 is 4.92. The first kappa shape index (κ1) is 11.4. The average Bonchev–Trinajstić information content (AvgIpc) is 2.18. The molecule has 0 aliphatic carbocycles. The standard InChI is InChI=1S/C9H18N2O3/c1-7-5-11(3-4-14-2)9(13)8(6-12)10-7/h7-8,10,12H,3-6H2,1-2H3. The van der Waals surface area contributed by atoms with Gasteiger partial charge in [-0.1, -0.05) is 0 Å². The molecule has 1 heterocycles. The van der Waals surface area contributed by atoms with Gasteiger partial charge in [0.2, 0.25) is 5.91 Å². The van der Waals surface area contributed by atoms with Crippen LogP contribution in [0.15, 0.2) is 0 Å². The van der Waals surface area contributed by atoms with Gasteiger partial charge in [0, 0.05) is 26.2 Å². The lowest BCUT2D eigenvalue weighted by Gasteiger charge is -2.36. The molecule has 1 aliphatic heterocycles. The van der Waals surface area contributed by atoms with Gasteiger partial charge in [0.15, 0.2) is 0 Å². The molecule has 14 heavy (non-hydrogen) atoms. The summed E-state index contributed by atoms with van der Waals surface area (Å²) in [4.78, 5) is 13.4. The first-order chi connectivity index (χ1) is 6.69. The van der Waals surface area contributed by atoms with E-state index in [0.29, 0.717) is 19.7 Å². The molecule has 0 aromatic carbocycles. The van der Waals surface area contributed by atoms with Gasteiger partial charge < -0.3 is 14.7 Å². The summed E-state index contributed by atoms with van der Waals surface area (Å²) in [6.07, 6.45) is 0. The Morgan fingerprint density at radius 3 is 3.00 bits per heavy atom. The van der Waals surface area contributed by atoms with E-state index in [1.165, 1.54) is 0 Å². The van der Waals surface area contributed by atoms with E-state index in [4.69, 9.17) is 9.84 Å². The van der Waals surface area contributed by atoms with Gasteiger partial charge in [0.25, 0.3) is 0 Å². The summed E-state index contributed by atoms with van der Waals surface area (Å²) in [6, 6.07) is -0.225. The number of carbonyl (C=O) groups excluding carboxylic acids is 1. The van der Waals surface area contributed by atoms with Crippen LogP contribution in [0.25, 0.3) is 0 Å². The fourth-order valence-electron chi connectivity index (χ4n) is 1.64. The van der Waals surface area contributed by atoms with Gasteiger partial charge >= 0.3 is 0 Å². The molecule has 0 aromatic rings.